The van der Waals surface area contributed by atoms with E-state index in [1.807, 2.05) is 38.8 Å². The molecule has 2 aromatic rings. The summed E-state index contributed by atoms with van der Waals surface area (Å²) in [6, 6.07) is 19.3. The molecule has 0 aliphatic heterocycles. The Morgan fingerprint density at radius 3 is 2.15 bits per heavy atom. The van der Waals surface area contributed by atoms with Crippen LogP contribution < -0.4 is 0 Å². The molecule has 1 aliphatic carbocycles. The van der Waals surface area contributed by atoms with Crippen LogP contribution in [-0.2, 0) is 0 Å². The molecule has 2 unspecified atom stereocenters. The Kier molecular flexibility index (Phi) is 7.02. The Hall–Kier alpha value is -1.29. The van der Waals surface area contributed by atoms with Gasteiger partial charge in [0.05, 0.1) is 5.60 Å². The molecular formula is C24H33NOS. The Labute approximate surface area is 169 Å². The molecule has 1 N–H and O–H groups in total. The second-order valence-electron chi connectivity index (χ2n) is 8.39. The molecule has 0 aromatic heterocycles. The number of rotatable bonds is 7. The van der Waals surface area contributed by atoms with Crippen molar-refractivity contribution in [1.29, 1.82) is 0 Å². The van der Waals surface area contributed by atoms with Crippen molar-refractivity contribution >= 4 is 11.8 Å². The van der Waals surface area contributed by atoms with Gasteiger partial charge in [-0.25, -0.2) is 0 Å². The molecular weight excluding hydrogens is 350 g/mol. The van der Waals surface area contributed by atoms with E-state index in [1.165, 1.54) is 42.6 Å². The SMILES string of the molecule is CN(C)CC(C)(O)C(c1ccccc1)c1ccc(SC2CCCCC2)cc1. The van der Waals surface area contributed by atoms with Gasteiger partial charge in [-0.1, -0.05) is 61.7 Å². The highest BCUT2D eigenvalue weighted by molar-refractivity contribution is 8.00. The molecule has 27 heavy (non-hydrogen) atoms. The molecule has 1 saturated carbocycles. The standard InChI is InChI=1S/C24H33NOS/c1-24(26,18-25(2)3)23(19-10-6-4-7-11-19)20-14-16-22(17-15-20)27-21-12-8-5-9-13-21/h4,6-7,10-11,14-17,21,23,26H,5,8-9,12-13,18H2,1-3H3. The lowest BCUT2D eigenvalue weighted by Crippen LogP contribution is -2.43. The predicted octanol–water partition coefficient (Wildman–Crippen LogP) is 5.56. The van der Waals surface area contributed by atoms with Gasteiger partial charge in [0.25, 0.3) is 0 Å². The summed E-state index contributed by atoms with van der Waals surface area (Å²) in [4.78, 5) is 3.41. The van der Waals surface area contributed by atoms with E-state index in [4.69, 9.17) is 0 Å². The van der Waals surface area contributed by atoms with Gasteiger partial charge in [-0.2, -0.15) is 0 Å². The van der Waals surface area contributed by atoms with Crippen molar-refractivity contribution in [1.82, 2.24) is 4.90 Å². The number of likely N-dealkylation sites (N-methyl/N-ethyl adjacent to an activating group) is 1. The Balaban J connectivity index is 1.83. The molecule has 146 valence electrons. The molecule has 3 heteroatoms. The van der Waals surface area contributed by atoms with Crippen molar-refractivity contribution in [2.75, 3.05) is 20.6 Å². The monoisotopic (exact) mass is 383 g/mol. The van der Waals surface area contributed by atoms with E-state index < -0.39 is 5.60 Å². The van der Waals surface area contributed by atoms with Gasteiger partial charge in [0.15, 0.2) is 0 Å². The van der Waals surface area contributed by atoms with Gasteiger partial charge in [-0.3, -0.25) is 0 Å². The summed E-state index contributed by atoms with van der Waals surface area (Å²) in [5.41, 5.74) is 1.50. The summed E-state index contributed by atoms with van der Waals surface area (Å²) in [6.45, 7) is 2.57. The first-order valence-electron chi connectivity index (χ1n) is 10.1. The molecule has 2 aromatic carbocycles. The average molecular weight is 384 g/mol. The summed E-state index contributed by atoms with van der Waals surface area (Å²) in [5, 5.41) is 12.1. The van der Waals surface area contributed by atoms with Crippen molar-refractivity contribution in [3.63, 3.8) is 0 Å². The van der Waals surface area contributed by atoms with Gasteiger partial charge in [-0.05, 0) is 57.1 Å². The van der Waals surface area contributed by atoms with Gasteiger partial charge in [0, 0.05) is 22.6 Å². The van der Waals surface area contributed by atoms with Gasteiger partial charge >= 0.3 is 0 Å². The third-order valence-electron chi connectivity index (χ3n) is 5.46. The van der Waals surface area contributed by atoms with E-state index in [0.717, 1.165) is 10.8 Å². The first kappa shape index (κ1) is 20.4. The fraction of sp³-hybridized carbons (Fsp3) is 0.500. The molecule has 3 rings (SSSR count). The zero-order valence-electron chi connectivity index (χ0n) is 16.9. The molecule has 1 aliphatic rings. The van der Waals surface area contributed by atoms with Crippen LogP contribution in [0.15, 0.2) is 59.5 Å². The number of thioether (sulfide) groups is 1. The van der Waals surface area contributed by atoms with Crippen molar-refractivity contribution < 1.29 is 5.11 Å². The first-order valence-corrected chi connectivity index (χ1v) is 11.0. The van der Waals surface area contributed by atoms with Gasteiger partial charge in [-0.15, -0.1) is 11.8 Å². The second kappa shape index (κ2) is 9.27. The molecule has 0 bridgehead atoms. The van der Waals surface area contributed by atoms with E-state index in [0.29, 0.717) is 6.54 Å². The normalized spacial score (nSPS) is 19.0. The van der Waals surface area contributed by atoms with Gasteiger partial charge in [0.1, 0.15) is 0 Å². The maximum atomic E-state index is 11.3. The minimum absolute atomic E-state index is 0.0465. The third kappa shape index (κ3) is 5.60. The highest BCUT2D eigenvalue weighted by Gasteiger charge is 2.35. The second-order valence-corrected chi connectivity index (χ2v) is 9.76. The fourth-order valence-corrected chi connectivity index (χ4v) is 5.65. The average Bonchev–Trinajstić information content (AvgIpc) is 2.64. The highest BCUT2D eigenvalue weighted by atomic mass is 32.2. The highest BCUT2D eigenvalue weighted by Crippen LogP contribution is 2.38. The van der Waals surface area contributed by atoms with Crippen LogP contribution in [0.4, 0.5) is 0 Å². The minimum Gasteiger partial charge on any atom is -0.388 e. The summed E-state index contributed by atoms with van der Waals surface area (Å²) >= 11 is 2.03. The van der Waals surface area contributed by atoms with Crippen LogP contribution in [0, 0.1) is 0 Å². The molecule has 1 fully saturated rings. The number of hydrogen-bond acceptors (Lipinski definition) is 3. The predicted molar refractivity (Wildman–Crippen MR) is 117 cm³/mol. The Morgan fingerprint density at radius 2 is 1.56 bits per heavy atom. The molecule has 0 saturated heterocycles. The smallest absolute Gasteiger partial charge is 0.0854 e. The number of nitrogens with zero attached hydrogens (tertiary/aromatic N) is 1. The number of hydrogen-bond donors (Lipinski definition) is 1. The lowest BCUT2D eigenvalue weighted by Gasteiger charge is -2.36. The van der Waals surface area contributed by atoms with Gasteiger partial charge in [0.2, 0.25) is 0 Å². The fourth-order valence-electron chi connectivity index (χ4n) is 4.40. The molecule has 0 amide bonds. The van der Waals surface area contributed by atoms with Crippen LogP contribution in [-0.4, -0.2) is 41.5 Å². The number of aliphatic hydroxyl groups is 1. The molecule has 0 heterocycles. The summed E-state index contributed by atoms with van der Waals surface area (Å²) in [7, 11) is 4.03. The van der Waals surface area contributed by atoms with Gasteiger partial charge < -0.3 is 10.0 Å². The maximum Gasteiger partial charge on any atom is 0.0854 e. The lowest BCUT2D eigenvalue weighted by molar-refractivity contribution is 0.0183. The molecule has 0 spiro atoms. The third-order valence-corrected chi connectivity index (χ3v) is 6.81. The van der Waals surface area contributed by atoms with Crippen molar-refractivity contribution in [3.8, 4) is 0 Å². The Morgan fingerprint density at radius 1 is 0.963 bits per heavy atom. The summed E-state index contributed by atoms with van der Waals surface area (Å²) in [5.74, 6) is -0.0465. The lowest BCUT2D eigenvalue weighted by atomic mass is 9.78. The van der Waals surface area contributed by atoms with Crippen molar-refractivity contribution in [2.24, 2.45) is 0 Å². The molecule has 2 nitrogen and oxygen atoms in total. The van der Waals surface area contributed by atoms with Crippen LogP contribution in [0.3, 0.4) is 0 Å². The van der Waals surface area contributed by atoms with Crippen LogP contribution >= 0.6 is 11.8 Å². The minimum atomic E-state index is -0.844. The largest absolute Gasteiger partial charge is 0.388 e. The van der Waals surface area contributed by atoms with Crippen LogP contribution in [0.5, 0.6) is 0 Å². The maximum absolute atomic E-state index is 11.3. The van der Waals surface area contributed by atoms with E-state index in [1.54, 1.807) is 0 Å². The first-order chi connectivity index (χ1) is 13.0. The molecule has 0 radical (unpaired) electrons. The quantitative estimate of drug-likeness (QED) is 0.677. The topological polar surface area (TPSA) is 23.5 Å². The van der Waals surface area contributed by atoms with Crippen LogP contribution in [0.1, 0.15) is 56.1 Å². The number of benzene rings is 2. The summed E-state index contributed by atoms with van der Waals surface area (Å²) < 4.78 is 0. The van der Waals surface area contributed by atoms with E-state index in [2.05, 4.69) is 53.4 Å². The van der Waals surface area contributed by atoms with Crippen LogP contribution in [0.2, 0.25) is 0 Å². The summed E-state index contributed by atoms with van der Waals surface area (Å²) in [6.07, 6.45) is 6.83. The Bertz CT molecular complexity index is 690. The van der Waals surface area contributed by atoms with Crippen molar-refractivity contribution in [3.05, 3.63) is 65.7 Å². The van der Waals surface area contributed by atoms with E-state index >= 15 is 0 Å². The molecule has 2 atom stereocenters. The van der Waals surface area contributed by atoms with E-state index in [-0.39, 0.29) is 5.92 Å². The zero-order chi connectivity index (χ0) is 19.3. The van der Waals surface area contributed by atoms with Crippen LogP contribution in [0.25, 0.3) is 0 Å². The zero-order valence-corrected chi connectivity index (χ0v) is 17.7. The van der Waals surface area contributed by atoms with Crippen molar-refractivity contribution in [2.45, 2.75) is 60.7 Å². The van der Waals surface area contributed by atoms with E-state index in [9.17, 15) is 5.11 Å².